The monoisotopic (exact) mass is 273 g/mol. The maximum absolute atomic E-state index is 12.3. The zero-order chi connectivity index (χ0) is 14.9. The van der Waals surface area contributed by atoms with Gasteiger partial charge < -0.3 is 5.32 Å². The van der Waals surface area contributed by atoms with Crippen molar-refractivity contribution >= 4 is 16.7 Å². The van der Waals surface area contributed by atoms with Gasteiger partial charge in [0, 0.05) is 11.4 Å². The molecule has 1 amide bonds. The molecule has 1 aromatic carbocycles. The van der Waals surface area contributed by atoms with E-state index in [0.717, 1.165) is 0 Å². The van der Waals surface area contributed by atoms with E-state index in [-0.39, 0.29) is 28.6 Å². The van der Waals surface area contributed by atoms with Gasteiger partial charge >= 0.3 is 0 Å². The van der Waals surface area contributed by atoms with Gasteiger partial charge in [-0.25, -0.2) is 5.10 Å². The molecule has 2 aromatic rings. The molecule has 0 saturated heterocycles. The molecule has 0 bridgehead atoms. The minimum absolute atomic E-state index is 0.0116. The third kappa shape index (κ3) is 2.71. The first kappa shape index (κ1) is 14.2. The van der Waals surface area contributed by atoms with Crippen molar-refractivity contribution in [2.24, 2.45) is 5.41 Å². The Morgan fingerprint density at radius 2 is 1.85 bits per heavy atom. The lowest BCUT2D eigenvalue weighted by Gasteiger charge is -2.27. The number of hydrogen-bond donors (Lipinski definition) is 2. The number of aromatic nitrogens is 2. The highest BCUT2D eigenvalue weighted by molar-refractivity contribution is 6.04. The second kappa shape index (κ2) is 5.07. The van der Waals surface area contributed by atoms with Crippen molar-refractivity contribution < 1.29 is 4.79 Å². The summed E-state index contributed by atoms with van der Waals surface area (Å²) >= 11 is 0. The highest BCUT2D eigenvalue weighted by atomic mass is 16.2. The first-order valence-corrected chi connectivity index (χ1v) is 6.59. The lowest BCUT2D eigenvalue weighted by Crippen LogP contribution is -2.42. The number of benzene rings is 1. The molecule has 2 rings (SSSR count). The Morgan fingerprint density at radius 3 is 2.45 bits per heavy atom. The molecule has 0 spiro atoms. The van der Waals surface area contributed by atoms with Crippen LogP contribution < -0.4 is 10.9 Å². The van der Waals surface area contributed by atoms with Crippen LogP contribution in [0.1, 0.15) is 38.2 Å². The number of carbonyl (C=O) groups is 1. The van der Waals surface area contributed by atoms with E-state index in [2.05, 4.69) is 36.3 Å². The van der Waals surface area contributed by atoms with Crippen molar-refractivity contribution in [1.82, 2.24) is 15.5 Å². The predicted molar refractivity (Wildman–Crippen MR) is 78.7 cm³/mol. The summed E-state index contributed by atoms with van der Waals surface area (Å²) in [5, 5.41) is 10.2. The van der Waals surface area contributed by atoms with Crippen molar-refractivity contribution in [3.63, 3.8) is 0 Å². The fraction of sp³-hybridized carbons (Fsp3) is 0.400. The number of nitrogens with one attached hydrogen (secondary N) is 2. The molecule has 1 atom stereocenters. The maximum Gasteiger partial charge on any atom is 0.272 e. The Balaban J connectivity index is 2.41. The molecule has 0 aliphatic rings. The third-order valence-electron chi connectivity index (χ3n) is 3.56. The number of amides is 1. The van der Waals surface area contributed by atoms with Gasteiger partial charge in [0.1, 0.15) is 0 Å². The molecule has 106 valence electrons. The quantitative estimate of drug-likeness (QED) is 0.879. The van der Waals surface area contributed by atoms with Crippen LogP contribution in [0, 0.1) is 5.41 Å². The summed E-state index contributed by atoms with van der Waals surface area (Å²) in [5.41, 5.74) is -0.0921. The van der Waals surface area contributed by atoms with Crippen molar-refractivity contribution in [3.05, 3.63) is 40.3 Å². The van der Waals surface area contributed by atoms with Gasteiger partial charge in [0.2, 0.25) is 0 Å². The van der Waals surface area contributed by atoms with Crippen LogP contribution in [0.25, 0.3) is 10.8 Å². The van der Waals surface area contributed by atoms with E-state index < -0.39 is 0 Å². The number of hydrogen-bond acceptors (Lipinski definition) is 3. The van der Waals surface area contributed by atoms with E-state index >= 15 is 0 Å². The number of rotatable bonds is 2. The number of nitrogens with zero attached hydrogens (tertiary/aromatic N) is 1. The minimum Gasteiger partial charge on any atom is -0.348 e. The van der Waals surface area contributed by atoms with Gasteiger partial charge in [0.05, 0.1) is 5.39 Å². The van der Waals surface area contributed by atoms with Crippen molar-refractivity contribution in [1.29, 1.82) is 0 Å². The highest BCUT2D eigenvalue weighted by Crippen LogP contribution is 2.19. The van der Waals surface area contributed by atoms with Crippen LogP contribution in [0.15, 0.2) is 29.1 Å². The standard InChI is InChI=1S/C15H19N3O2/c1-9(15(2,3)4)16-14(20)12-10-7-5-6-8-11(10)13(19)18-17-12/h5-9H,1-4H3,(H,16,20)(H,18,19). The van der Waals surface area contributed by atoms with E-state index in [1.807, 2.05) is 6.92 Å². The van der Waals surface area contributed by atoms with Crippen LogP contribution in [0.4, 0.5) is 0 Å². The molecule has 0 radical (unpaired) electrons. The van der Waals surface area contributed by atoms with Gasteiger partial charge in [-0.1, -0.05) is 39.0 Å². The van der Waals surface area contributed by atoms with Crippen LogP contribution >= 0.6 is 0 Å². The molecule has 0 saturated carbocycles. The van der Waals surface area contributed by atoms with E-state index in [4.69, 9.17) is 0 Å². The molecule has 0 aliphatic heterocycles. The summed E-state index contributed by atoms with van der Waals surface area (Å²) in [5.74, 6) is -0.278. The van der Waals surface area contributed by atoms with Crippen LogP contribution in [-0.4, -0.2) is 22.1 Å². The van der Waals surface area contributed by atoms with Crippen molar-refractivity contribution in [3.8, 4) is 0 Å². The number of fused-ring (bicyclic) bond motifs is 1. The number of aromatic amines is 1. The fourth-order valence-electron chi connectivity index (χ4n) is 1.77. The molecule has 5 nitrogen and oxygen atoms in total. The van der Waals surface area contributed by atoms with E-state index in [1.165, 1.54) is 0 Å². The normalized spacial score (nSPS) is 13.2. The molecule has 1 heterocycles. The Kier molecular flexibility index (Phi) is 3.61. The fourth-order valence-corrected chi connectivity index (χ4v) is 1.77. The average molecular weight is 273 g/mol. The molecule has 20 heavy (non-hydrogen) atoms. The molecule has 1 unspecified atom stereocenters. The predicted octanol–water partition coefficient (Wildman–Crippen LogP) is 2.09. The van der Waals surface area contributed by atoms with Gasteiger partial charge in [-0.2, -0.15) is 5.10 Å². The van der Waals surface area contributed by atoms with Gasteiger partial charge in [0.25, 0.3) is 11.5 Å². The zero-order valence-corrected chi connectivity index (χ0v) is 12.2. The van der Waals surface area contributed by atoms with Crippen molar-refractivity contribution in [2.75, 3.05) is 0 Å². The van der Waals surface area contributed by atoms with Gasteiger partial charge in [-0.15, -0.1) is 0 Å². The number of carbonyl (C=O) groups excluding carboxylic acids is 1. The molecule has 0 aliphatic carbocycles. The second-order valence-electron chi connectivity index (χ2n) is 6.01. The minimum atomic E-state index is -0.291. The molecule has 1 aromatic heterocycles. The molecule has 2 N–H and O–H groups in total. The Hall–Kier alpha value is -2.17. The first-order valence-electron chi connectivity index (χ1n) is 6.59. The molecular weight excluding hydrogens is 254 g/mol. The molecular formula is C15H19N3O2. The largest absolute Gasteiger partial charge is 0.348 e. The average Bonchev–Trinajstić information content (AvgIpc) is 2.38. The molecule has 5 heteroatoms. The van der Waals surface area contributed by atoms with Crippen LogP contribution in [0.2, 0.25) is 0 Å². The smallest absolute Gasteiger partial charge is 0.272 e. The first-order chi connectivity index (χ1) is 9.30. The summed E-state index contributed by atoms with van der Waals surface area (Å²) in [6.07, 6.45) is 0. The highest BCUT2D eigenvalue weighted by Gasteiger charge is 2.23. The number of H-pyrrole nitrogens is 1. The lowest BCUT2D eigenvalue weighted by atomic mass is 9.88. The molecule has 0 fully saturated rings. The van der Waals surface area contributed by atoms with E-state index in [9.17, 15) is 9.59 Å². The summed E-state index contributed by atoms with van der Waals surface area (Å²) in [7, 11) is 0. The van der Waals surface area contributed by atoms with Gasteiger partial charge in [-0.05, 0) is 18.4 Å². The summed E-state index contributed by atoms with van der Waals surface area (Å²) in [6.45, 7) is 8.11. The maximum atomic E-state index is 12.3. The Bertz CT molecular complexity index is 698. The van der Waals surface area contributed by atoms with Crippen molar-refractivity contribution in [2.45, 2.75) is 33.7 Å². The summed E-state index contributed by atoms with van der Waals surface area (Å²) < 4.78 is 0. The van der Waals surface area contributed by atoms with Crippen LogP contribution in [0.5, 0.6) is 0 Å². The SMILES string of the molecule is CC(NC(=O)c1n[nH]c(=O)c2ccccc12)C(C)(C)C. The zero-order valence-electron chi connectivity index (χ0n) is 12.2. The summed E-state index contributed by atoms with van der Waals surface area (Å²) in [6, 6.07) is 6.95. The van der Waals surface area contributed by atoms with Crippen LogP contribution in [-0.2, 0) is 0 Å². The van der Waals surface area contributed by atoms with E-state index in [1.54, 1.807) is 24.3 Å². The van der Waals surface area contributed by atoms with Gasteiger partial charge in [0.15, 0.2) is 5.69 Å². The Labute approximate surface area is 117 Å². The second-order valence-corrected chi connectivity index (χ2v) is 6.01. The Morgan fingerprint density at radius 1 is 1.25 bits per heavy atom. The topological polar surface area (TPSA) is 74.8 Å². The summed E-state index contributed by atoms with van der Waals surface area (Å²) in [4.78, 5) is 24.0. The lowest BCUT2D eigenvalue weighted by molar-refractivity contribution is 0.0906. The van der Waals surface area contributed by atoms with Gasteiger partial charge in [-0.3, -0.25) is 9.59 Å². The van der Waals surface area contributed by atoms with E-state index in [0.29, 0.717) is 10.8 Å². The van der Waals surface area contributed by atoms with Crippen LogP contribution in [0.3, 0.4) is 0 Å². The third-order valence-corrected chi connectivity index (χ3v) is 3.56.